The summed E-state index contributed by atoms with van der Waals surface area (Å²) in [5, 5.41) is 6.58. The summed E-state index contributed by atoms with van der Waals surface area (Å²) >= 11 is 5.21. The van der Waals surface area contributed by atoms with Gasteiger partial charge in [-0.15, -0.1) is 11.3 Å². The summed E-state index contributed by atoms with van der Waals surface area (Å²) < 4.78 is 1.12. The quantitative estimate of drug-likeness (QED) is 0.761. The van der Waals surface area contributed by atoms with E-state index in [1.54, 1.807) is 11.3 Å². The van der Waals surface area contributed by atoms with Crippen molar-refractivity contribution in [2.24, 2.45) is 0 Å². The second kappa shape index (κ2) is 7.76. The van der Waals surface area contributed by atoms with Crippen molar-refractivity contribution in [2.45, 2.75) is 26.4 Å². The third-order valence-corrected chi connectivity index (χ3v) is 4.40. The second-order valence-electron chi connectivity index (χ2n) is 4.78. The van der Waals surface area contributed by atoms with E-state index < -0.39 is 0 Å². The van der Waals surface area contributed by atoms with Crippen LogP contribution in [0.1, 0.15) is 24.6 Å². The molecular weight excluding hydrogens is 334 g/mol. The average Bonchev–Trinajstić information content (AvgIpc) is 2.88. The Morgan fingerprint density at radius 1 is 1.40 bits per heavy atom. The first kappa shape index (κ1) is 15.5. The third kappa shape index (κ3) is 4.58. The first-order chi connectivity index (χ1) is 9.69. The van der Waals surface area contributed by atoms with E-state index in [9.17, 15) is 0 Å². The molecule has 5 heteroatoms. The zero-order chi connectivity index (χ0) is 14.4. The molecule has 0 radical (unpaired) electrons. The summed E-state index contributed by atoms with van der Waals surface area (Å²) in [6, 6.07) is 8.39. The molecule has 2 aromatic rings. The minimum Gasteiger partial charge on any atom is -0.347 e. The number of rotatable bonds is 7. The van der Waals surface area contributed by atoms with Gasteiger partial charge < -0.3 is 10.2 Å². The molecule has 0 spiro atoms. The van der Waals surface area contributed by atoms with Crippen molar-refractivity contribution in [2.75, 3.05) is 18.5 Å². The summed E-state index contributed by atoms with van der Waals surface area (Å²) in [5.41, 5.74) is 2.40. The van der Waals surface area contributed by atoms with Crippen molar-refractivity contribution in [1.29, 1.82) is 0 Å². The molecule has 0 aliphatic carbocycles. The summed E-state index contributed by atoms with van der Waals surface area (Å²) in [6.45, 7) is 4.94. The largest absolute Gasteiger partial charge is 0.347 e. The fraction of sp³-hybridized carbons (Fsp3) is 0.400. The topological polar surface area (TPSA) is 28.2 Å². The highest BCUT2D eigenvalue weighted by molar-refractivity contribution is 9.10. The highest BCUT2D eigenvalue weighted by Crippen LogP contribution is 2.22. The number of hydrogen-bond acceptors (Lipinski definition) is 4. The zero-order valence-corrected chi connectivity index (χ0v) is 14.3. The lowest BCUT2D eigenvalue weighted by molar-refractivity contribution is 0.666. The van der Waals surface area contributed by atoms with Crippen molar-refractivity contribution in [3.8, 4) is 0 Å². The Morgan fingerprint density at radius 3 is 3.00 bits per heavy atom. The van der Waals surface area contributed by atoms with E-state index in [4.69, 9.17) is 0 Å². The maximum absolute atomic E-state index is 4.67. The number of anilines is 1. The van der Waals surface area contributed by atoms with Gasteiger partial charge in [-0.2, -0.15) is 0 Å². The number of hydrogen-bond donors (Lipinski definition) is 1. The van der Waals surface area contributed by atoms with Gasteiger partial charge in [0.25, 0.3) is 0 Å². The van der Waals surface area contributed by atoms with Gasteiger partial charge in [0.15, 0.2) is 5.13 Å². The number of aromatic nitrogens is 1. The highest BCUT2D eigenvalue weighted by atomic mass is 79.9. The Balaban J connectivity index is 1.93. The van der Waals surface area contributed by atoms with Crippen LogP contribution in [0.4, 0.5) is 5.13 Å². The smallest absolute Gasteiger partial charge is 0.185 e. The molecule has 1 N–H and O–H groups in total. The van der Waals surface area contributed by atoms with Crippen LogP contribution in [0, 0.1) is 0 Å². The van der Waals surface area contributed by atoms with E-state index in [2.05, 4.69) is 68.7 Å². The minimum atomic E-state index is 0.856. The van der Waals surface area contributed by atoms with E-state index in [1.807, 2.05) is 6.07 Å². The van der Waals surface area contributed by atoms with Gasteiger partial charge in [-0.25, -0.2) is 4.98 Å². The Bertz CT molecular complexity index is 541. The van der Waals surface area contributed by atoms with Gasteiger partial charge in [-0.05, 0) is 30.7 Å². The minimum absolute atomic E-state index is 0.856. The predicted octanol–water partition coefficient (Wildman–Crippen LogP) is 4.04. The van der Waals surface area contributed by atoms with Crippen LogP contribution in [-0.2, 0) is 13.1 Å². The molecule has 0 atom stereocenters. The van der Waals surface area contributed by atoms with Crippen LogP contribution in [-0.4, -0.2) is 18.6 Å². The molecule has 1 aromatic heterocycles. The fourth-order valence-corrected chi connectivity index (χ4v) is 3.16. The molecule has 0 aliphatic heterocycles. The van der Waals surface area contributed by atoms with Gasteiger partial charge in [-0.3, -0.25) is 0 Å². The molecule has 1 aromatic carbocycles. The molecule has 2 rings (SSSR count). The third-order valence-electron chi connectivity index (χ3n) is 2.91. The van der Waals surface area contributed by atoms with Crippen LogP contribution in [0.25, 0.3) is 0 Å². The maximum Gasteiger partial charge on any atom is 0.185 e. The second-order valence-corrected chi connectivity index (χ2v) is 6.54. The number of nitrogens with one attached hydrogen (secondary N) is 1. The van der Waals surface area contributed by atoms with E-state index >= 15 is 0 Å². The molecule has 0 fully saturated rings. The average molecular weight is 354 g/mol. The normalized spacial score (nSPS) is 10.8. The number of thiazole rings is 1. The lowest BCUT2D eigenvalue weighted by atomic mass is 10.2. The van der Waals surface area contributed by atoms with E-state index in [1.165, 1.54) is 5.56 Å². The lowest BCUT2D eigenvalue weighted by Gasteiger charge is -2.15. The first-order valence-electron chi connectivity index (χ1n) is 6.79. The van der Waals surface area contributed by atoms with Gasteiger partial charge in [-0.1, -0.05) is 35.0 Å². The number of benzene rings is 1. The zero-order valence-electron chi connectivity index (χ0n) is 11.9. The summed E-state index contributed by atoms with van der Waals surface area (Å²) in [6.07, 6.45) is 1.15. The highest BCUT2D eigenvalue weighted by Gasteiger charge is 2.07. The Kier molecular flexibility index (Phi) is 6.01. The van der Waals surface area contributed by atoms with Crippen molar-refractivity contribution in [3.05, 3.63) is 45.4 Å². The monoisotopic (exact) mass is 353 g/mol. The molecule has 0 saturated heterocycles. The van der Waals surface area contributed by atoms with E-state index in [0.29, 0.717) is 0 Å². The van der Waals surface area contributed by atoms with Crippen LogP contribution in [0.2, 0.25) is 0 Å². The SMILES string of the molecule is CCCNCc1csc(N(C)Cc2cccc(Br)c2)n1. The molecule has 0 saturated carbocycles. The molecule has 0 aliphatic rings. The first-order valence-corrected chi connectivity index (χ1v) is 8.47. The maximum atomic E-state index is 4.67. The van der Waals surface area contributed by atoms with Gasteiger partial charge in [0.2, 0.25) is 0 Å². The Morgan fingerprint density at radius 2 is 2.25 bits per heavy atom. The molecule has 108 valence electrons. The summed E-state index contributed by atoms with van der Waals surface area (Å²) in [4.78, 5) is 6.86. The summed E-state index contributed by atoms with van der Waals surface area (Å²) in [5.74, 6) is 0. The van der Waals surface area contributed by atoms with Crippen molar-refractivity contribution in [1.82, 2.24) is 10.3 Å². The molecule has 20 heavy (non-hydrogen) atoms. The molecule has 1 heterocycles. The Hall–Kier alpha value is -0.910. The molecule has 3 nitrogen and oxygen atoms in total. The van der Waals surface area contributed by atoms with Crippen molar-refractivity contribution >= 4 is 32.4 Å². The van der Waals surface area contributed by atoms with Crippen LogP contribution >= 0.6 is 27.3 Å². The molecule has 0 unspecified atom stereocenters. The van der Waals surface area contributed by atoms with Crippen LogP contribution in [0.5, 0.6) is 0 Å². The van der Waals surface area contributed by atoms with Crippen LogP contribution in [0.15, 0.2) is 34.1 Å². The van der Waals surface area contributed by atoms with Crippen LogP contribution < -0.4 is 10.2 Å². The Labute approximate surface area is 133 Å². The number of halogens is 1. The van der Waals surface area contributed by atoms with E-state index in [-0.39, 0.29) is 0 Å². The van der Waals surface area contributed by atoms with Gasteiger partial charge >= 0.3 is 0 Å². The molecule has 0 bridgehead atoms. The molecular formula is C15H20BrN3S. The standard InChI is InChI=1S/C15H20BrN3S/c1-3-7-17-9-14-11-20-15(18-14)19(2)10-12-5-4-6-13(16)8-12/h4-6,8,11,17H,3,7,9-10H2,1-2H3. The van der Waals surface area contributed by atoms with Crippen molar-refractivity contribution in [3.63, 3.8) is 0 Å². The fourth-order valence-electron chi connectivity index (χ4n) is 1.92. The van der Waals surface area contributed by atoms with Gasteiger partial charge in [0.1, 0.15) is 0 Å². The van der Waals surface area contributed by atoms with Crippen molar-refractivity contribution < 1.29 is 0 Å². The number of nitrogens with zero attached hydrogens (tertiary/aromatic N) is 2. The molecule has 0 amide bonds. The van der Waals surface area contributed by atoms with Crippen LogP contribution in [0.3, 0.4) is 0 Å². The summed E-state index contributed by atoms with van der Waals surface area (Å²) in [7, 11) is 2.09. The van der Waals surface area contributed by atoms with Gasteiger partial charge in [0, 0.05) is 30.0 Å². The van der Waals surface area contributed by atoms with Gasteiger partial charge in [0.05, 0.1) is 5.69 Å². The van der Waals surface area contributed by atoms with E-state index in [0.717, 1.165) is 41.4 Å². The lowest BCUT2D eigenvalue weighted by Crippen LogP contribution is -2.17. The predicted molar refractivity (Wildman–Crippen MR) is 90.4 cm³/mol.